The van der Waals surface area contributed by atoms with Crippen molar-refractivity contribution in [3.05, 3.63) is 54.6 Å². The molecule has 0 aliphatic rings. The molecule has 0 spiro atoms. The maximum absolute atomic E-state index is 7.75. The topological polar surface area (TPSA) is 26.0 Å². The zero-order valence-corrected chi connectivity index (χ0v) is 7.20. The Labute approximate surface area is 79.2 Å². The van der Waals surface area contributed by atoms with Crippen LogP contribution >= 0.6 is 0 Å². The molecule has 13 heavy (non-hydrogen) atoms. The lowest BCUT2D eigenvalue weighted by Crippen LogP contribution is -1.84. The van der Waals surface area contributed by atoms with Crippen LogP contribution in [0.1, 0.15) is 1.37 Å². The highest BCUT2D eigenvalue weighted by Gasteiger charge is 1.94. The first kappa shape index (κ1) is 6.72. The van der Waals surface area contributed by atoms with Crippen molar-refractivity contribution in [3.63, 3.8) is 0 Å². The van der Waals surface area contributed by atoms with Gasteiger partial charge in [-0.2, -0.15) is 0 Å². The van der Waals surface area contributed by atoms with E-state index in [1.165, 1.54) is 0 Å². The highest BCUT2D eigenvalue weighted by atomic mass is 14.5. The summed E-state index contributed by atoms with van der Waals surface area (Å²) in [6.45, 7) is 0. The van der Waals surface area contributed by atoms with Gasteiger partial charge in [0.25, 0.3) is 0 Å². The molecule has 0 saturated carbocycles. The van der Waals surface area contributed by atoms with Crippen LogP contribution in [0.4, 0.5) is 5.69 Å². The van der Waals surface area contributed by atoms with Crippen molar-refractivity contribution in [2.75, 3.05) is 5.73 Å². The quantitative estimate of drug-likeness (QED) is 0.656. The largest absolute Gasteiger partial charge is 0.399 e. The SMILES string of the molecule is [3H]c1ccc(N)cc1-c1ccccc1. The number of hydrogen-bond acceptors (Lipinski definition) is 1. The summed E-state index contributed by atoms with van der Waals surface area (Å²) in [5, 5.41) is 0. The molecule has 0 atom stereocenters. The van der Waals surface area contributed by atoms with Gasteiger partial charge in [-0.15, -0.1) is 0 Å². The second kappa shape index (κ2) is 3.31. The normalized spacial score (nSPS) is 10.9. The monoisotopic (exact) mass is 171 g/mol. The van der Waals surface area contributed by atoms with Crippen LogP contribution in [0.5, 0.6) is 0 Å². The average molecular weight is 171 g/mol. The van der Waals surface area contributed by atoms with Gasteiger partial charge in [-0.05, 0) is 23.3 Å². The van der Waals surface area contributed by atoms with Gasteiger partial charge in [0, 0.05) is 5.69 Å². The standard InChI is InChI=1S/C12H11N/c13-12-8-4-7-11(9-12)10-5-2-1-3-6-10/h1-9H,13H2/i7T. The molecule has 2 aromatic carbocycles. The summed E-state index contributed by atoms with van der Waals surface area (Å²) in [4.78, 5) is 0. The van der Waals surface area contributed by atoms with Crippen molar-refractivity contribution in [2.24, 2.45) is 0 Å². The second-order valence-corrected chi connectivity index (χ2v) is 2.90. The zero-order valence-electron chi connectivity index (χ0n) is 8.20. The van der Waals surface area contributed by atoms with Gasteiger partial charge in [-0.1, -0.05) is 42.4 Å². The van der Waals surface area contributed by atoms with Crippen molar-refractivity contribution in [1.29, 1.82) is 0 Å². The van der Waals surface area contributed by atoms with Gasteiger partial charge in [0.05, 0.1) is 1.37 Å². The van der Waals surface area contributed by atoms with Crippen LogP contribution in [0.25, 0.3) is 11.1 Å². The van der Waals surface area contributed by atoms with Crippen LogP contribution in [0, 0.1) is 0 Å². The maximum Gasteiger partial charge on any atom is 0.0629 e. The average Bonchev–Trinajstić information content (AvgIpc) is 2.23. The van der Waals surface area contributed by atoms with Crippen molar-refractivity contribution in [3.8, 4) is 11.1 Å². The molecule has 0 aliphatic heterocycles. The van der Waals surface area contributed by atoms with E-state index in [2.05, 4.69) is 0 Å². The van der Waals surface area contributed by atoms with E-state index in [9.17, 15) is 0 Å². The predicted octanol–water partition coefficient (Wildman–Crippen LogP) is 2.94. The lowest BCUT2D eigenvalue weighted by atomic mass is 10.1. The van der Waals surface area contributed by atoms with Crippen LogP contribution in [0.3, 0.4) is 0 Å². The van der Waals surface area contributed by atoms with E-state index in [4.69, 9.17) is 7.10 Å². The van der Waals surface area contributed by atoms with Gasteiger partial charge in [-0.3, -0.25) is 0 Å². The lowest BCUT2D eigenvalue weighted by Gasteiger charge is -2.01. The maximum atomic E-state index is 7.75. The summed E-state index contributed by atoms with van der Waals surface area (Å²) in [6, 6.07) is 15.6. The van der Waals surface area contributed by atoms with Gasteiger partial charge < -0.3 is 5.73 Å². The van der Waals surface area contributed by atoms with Gasteiger partial charge in [-0.25, -0.2) is 0 Å². The van der Waals surface area contributed by atoms with E-state index in [1.807, 2.05) is 36.4 Å². The van der Waals surface area contributed by atoms with E-state index >= 15 is 0 Å². The van der Waals surface area contributed by atoms with Crippen molar-refractivity contribution < 1.29 is 1.37 Å². The molecule has 2 aromatic rings. The van der Waals surface area contributed by atoms with Crippen molar-refractivity contribution in [1.82, 2.24) is 0 Å². The number of nitrogen functional groups attached to an aromatic ring is 1. The number of benzene rings is 2. The Balaban J connectivity index is 2.57. The van der Waals surface area contributed by atoms with E-state index < -0.39 is 0 Å². The Morgan fingerprint density at radius 2 is 1.69 bits per heavy atom. The molecule has 1 heteroatoms. The van der Waals surface area contributed by atoms with Gasteiger partial charge in [0.1, 0.15) is 0 Å². The Morgan fingerprint density at radius 1 is 0.923 bits per heavy atom. The molecule has 0 amide bonds. The molecular formula is C12H11N. The summed E-state index contributed by atoms with van der Waals surface area (Å²) in [5.74, 6) is 0. The van der Waals surface area contributed by atoms with Crippen LogP contribution < -0.4 is 5.73 Å². The molecule has 64 valence electrons. The van der Waals surface area contributed by atoms with Crippen LogP contribution in [0.2, 0.25) is 0 Å². The van der Waals surface area contributed by atoms with E-state index in [0.29, 0.717) is 11.7 Å². The Hall–Kier alpha value is -1.76. The fourth-order valence-electron chi connectivity index (χ4n) is 1.27. The third kappa shape index (κ3) is 1.70. The Bertz CT molecular complexity index is 437. The summed E-state index contributed by atoms with van der Waals surface area (Å²) >= 11 is 0. The summed E-state index contributed by atoms with van der Waals surface area (Å²) < 4.78 is 7.75. The minimum Gasteiger partial charge on any atom is -0.399 e. The van der Waals surface area contributed by atoms with Crippen molar-refractivity contribution >= 4 is 5.69 Å². The fraction of sp³-hybridized carbons (Fsp3) is 0. The molecule has 0 aliphatic carbocycles. The smallest absolute Gasteiger partial charge is 0.0629 e. The third-order valence-electron chi connectivity index (χ3n) is 1.91. The highest BCUT2D eigenvalue weighted by Crippen LogP contribution is 2.20. The summed E-state index contributed by atoms with van der Waals surface area (Å²) in [7, 11) is 0. The van der Waals surface area contributed by atoms with E-state index in [1.54, 1.807) is 12.1 Å². The number of nitrogens with two attached hydrogens (primary N) is 1. The van der Waals surface area contributed by atoms with Gasteiger partial charge in [0.15, 0.2) is 0 Å². The molecule has 0 heterocycles. The molecular weight excluding hydrogens is 158 g/mol. The summed E-state index contributed by atoms with van der Waals surface area (Å²) in [5.41, 5.74) is 8.29. The molecule has 0 aromatic heterocycles. The van der Waals surface area contributed by atoms with Crippen LogP contribution in [0.15, 0.2) is 54.6 Å². The second-order valence-electron chi connectivity index (χ2n) is 2.90. The Morgan fingerprint density at radius 3 is 2.46 bits per heavy atom. The van der Waals surface area contributed by atoms with Gasteiger partial charge >= 0.3 is 0 Å². The molecule has 0 radical (unpaired) electrons. The van der Waals surface area contributed by atoms with Crippen molar-refractivity contribution in [2.45, 2.75) is 0 Å². The lowest BCUT2D eigenvalue weighted by molar-refractivity contribution is 1.61. The highest BCUT2D eigenvalue weighted by molar-refractivity contribution is 5.66. The number of rotatable bonds is 1. The van der Waals surface area contributed by atoms with Gasteiger partial charge in [0.2, 0.25) is 0 Å². The van der Waals surface area contributed by atoms with Crippen LogP contribution in [-0.4, -0.2) is 0 Å². The zero-order chi connectivity index (χ0) is 9.97. The Kier molecular flexibility index (Phi) is 1.71. The molecule has 0 saturated heterocycles. The minimum absolute atomic E-state index is 0.505. The number of hydrogen-bond donors (Lipinski definition) is 1. The van der Waals surface area contributed by atoms with E-state index in [0.717, 1.165) is 11.1 Å². The predicted molar refractivity (Wildman–Crippen MR) is 56.3 cm³/mol. The molecule has 2 N–H and O–H groups in total. The molecule has 0 bridgehead atoms. The molecule has 0 fully saturated rings. The molecule has 0 unspecified atom stereocenters. The fourth-order valence-corrected chi connectivity index (χ4v) is 1.27. The first-order valence-corrected chi connectivity index (χ1v) is 4.19. The first-order valence-electron chi connectivity index (χ1n) is 4.69. The van der Waals surface area contributed by atoms with E-state index in [-0.39, 0.29) is 0 Å². The number of anilines is 1. The first-order chi connectivity index (χ1) is 6.77. The molecule has 2 rings (SSSR count). The van der Waals surface area contributed by atoms with Crippen LogP contribution in [-0.2, 0) is 0 Å². The summed E-state index contributed by atoms with van der Waals surface area (Å²) in [6.07, 6.45) is 0. The minimum atomic E-state index is 0.505. The molecule has 1 nitrogen and oxygen atoms in total. The third-order valence-corrected chi connectivity index (χ3v) is 1.91.